The highest BCUT2D eigenvalue weighted by molar-refractivity contribution is 7.15. The molecule has 0 aliphatic rings. The summed E-state index contributed by atoms with van der Waals surface area (Å²) in [6, 6.07) is 4.31. The van der Waals surface area contributed by atoms with Gasteiger partial charge in [-0.25, -0.2) is 4.98 Å². The van der Waals surface area contributed by atoms with Crippen LogP contribution in [0.4, 0.5) is 0 Å². The van der Waals surface area contributed by atoms with E-state index in [4.69, 9.17) is 9.15 Å². The van der Waals surface area contributed by atoms with E-state index in [1.807, 2.05) is 12.1 Å². The maximum absolute atomic E-state index is 5.40. The molecule has 0 aliphatic heterocycles. The molecule has 19 heavy (non-hydrogen) atoms. The van der Waals surface area contributed by atoms with Crippen LogP contribution < -0.4 is 5.32 Å². The molecular formula is C14H20N2O2S. The highest BCUT2D eigenvalue weighted by atomic mass is 32.1. The van der Waals surface area contributed by atoms with Gasteiger partial charge in [-0.3, -0.25) is 0 Å². The SMILES string of the molecule is CCC(C)NCc1sc(-c2ccco2)nc1COC. The Hall–Kier alpha value is -1.17. The van der Waals surface area contributed by atoms with Gasteiger partial charge in [0.1, 0.15) is 0 Å². The molecule has 0 bridgehead atoms. The first-order valence-electron chi connectivity index (χ1n) is 6.49. The molecule has 0 spiro atoms. The van der Waals surface area contributed by atoms with Crippen LogP contribution in [0.5, 0.6) is 0 Å². The van der Waals surface area contributed by atoms with Gasteiger partial charge in [0, 0.05) is 24.6 Å². The molecule has 0 amide bonds. The Labute approximate surface area is 117 Å². The van der Waals surface area contributed by atoms with Gasteiger partial charge in [0.15, 0.2) is 10.8 Å². The normalized spacial score (nSPS) is 12.8. The predicted octanol–water partition coefficient (Wildman–Crippen LogP) is 3.44. The molecule has 0 saturated carbocycles. The molecule has 0 saturated heterocycles. The van der Waals surface area contributed by atoms with Gasteiger partial charge < -0.3 is 14.5 Å². The number of rotatable bonds is 7. The number of nitrogens with zero attached hydrogens (tertiary/aromatic N) is 1. The molecule has 0 aromatic carbocycles. The second-order valence-corrected chi connectivity index (χ2v) is 5.57. The largest absolute Gasteiger partial charge is 0.462 e. The smallest absolute Gasteiger partial charge is 0.162 e. The van der Waals surface area contributed by atoms with E-state index < -0.39 is 0 Å². The van der Waals surface area contributed by atoms with Gasteiger partial charge in [0.25, 0.3) is 0 Å². The Bertz CT molecular complexity index is 494. The zero-order valence-corrected chi connectivity index (χ0v) is 12.4. The molecule has 1 atom stereocenters. The van der Waals surface area contributed by atoms with Gasteiger partial charge >= 0.3 is 0 Å². The predicted molar refractivity (Wildman–Crippen MR) is 77.1 cm³/mol. The van der Waals surface area contributed by atoms with Crippen molar-refractivity contribution >= 4 is 11.3 Å². The van der Waals surface area contributed by atoms with Crippen LogP contribution in [0.2, 0.25) is 0 Å². The van der Waals surface area contributed by atoms with Gasteiger partial charge in [-0.1, -0.05) is 6.92 Å². The lowest BCUT2D eigenvalue weighted by Gasteiger charge is -2.10. The molecule has 2 rings (SSSR count). The van der Waals surface area contributed by atoms with Crippen molar-refractivity contribution in [1.29, 1.82) is 0 Å². The lowest BCUT2D eigenvalue weighted by molar-refractivity contribution is 0.181. The monoisotopic (exact) mass is 280 g/mol. The Morgan fingerprint density at radius 3 is 3.00 bits per heavy atom. The standard InChI is InChI=1S/C14H20N2O2S/c1-4-10(2)15-8-13-11(9-17-3)16-14(19-13)12-6-5-7-18-12/h5-7,10,15H,4,8-9H2,1-3H3. The summed E-state index contributed by atoms with van der Waals surface area (Å²) in [5, 5.41) is 4.41. The third-order valence-electron chi connectivity index (χ3n) is 3.01. The number of methoxy groups -OCH3 is 1. The van der Waals surface area contributed by atoms with Crippen molar-refractivity contribution < 1.29 is 9.15 Å². The van der Waals surface area contributed by atoms with Gasteiger partial charge in [0.2, 0.25) is 0 Å². The minimum atomic E-state index is 0.504. The van der Waals surface area contributed by atoms with E-state index >= 15 is 0 Å². The first-order chi connectivity index (χ1) is 9.24. The maximum atomic E-state index is 5.40. The Kier molecular flexibility index (Phi) is 5.13. The van der Waals surface area contributed by atoms with E-state index in [0.29, 0.717) is 12.6 Å². The average Bonchev–Trinajstić information content (AvgIpc) is 3.05. The van der Waals surface area contributed by atoms with Gasteiger partial charge in [-0.15, -0.1) is 11.3 Å². The van der Waals surface area contributed by atoms with Crippen LogP contribution in [-0.2, 0) is 17.9 Å². The molecule has 2 aromatic rings. The summed E-state index contributed by atoms with van der Waals surface area (Å²) in [7, 11) is 1.69. The summed E-state index contributed by atoms with van der Waals surface area (Å²) in [4.78, 5) is 5.82. The van der Waals surface area contributed by atoms with Gasteiger partial charge in [-0.2, -0.15) is 0 Å². The molecule has 2 aromatic heterocycles. The summed E-state index contributed by atoms with van der Waals surface area (Å²) in [6.07, 6.45) is 2.78. The Balaban J connectivity index is 2.16. The summed E-state index contributed by atoms with van der Waals surface area (Å²) in [5.74, 6) is 0.817. The van der Waals surface area contributed by atoms with Crippen LogP contribution in [-0.4, -0.2) is 18.1 Å². The van der Waals surface area contributed by atoms with Crippen molar-refractivity contribution in [2.45, 2.75) is 39.5 Å². The van der Waals surface area contributed by atoms with E-state index in [1.54, 1.807) is 24.7 Å². The minimum Gasteiger partial charge on any atom is -0.462 e. The molecule has 2 heterocycles. The topological polar surface area (TPSA) is 47.3 Å². The maximum Gasteiger partial charge on any atom is 0.162 e. The summed E-state index contributed by atoms with van der Waals surface area (Å²) in [5.41, 5.74) is 0.995. The van der Waals surface area contributed by atoms with Crippen LogP contribution in [0.1, 0.15) is 30.8 Å². The number of aromatic nitrogens is 1. The molecule has 0 aliphatic carbocycles. The van der Waals surface area contributed by atoms with Crippen LogP contribution in [0, 0.1) is 0 Å². The summed E-state index contributed by atoms with van der Waals surface area (Å²) < 4.78 is 10.6. The summed E-state index contributed by atoms with van der Waals surface area (Å²) >= 11 is 1.66. The van der Waals surface area contributed by atoms with E-state index in [2.05, 4.69) is 24.1 Å². The lowest BCUT2D eigenvalue weighted by atomic mass is 10.2. The second-order valence-electron chi connectivity index (χ2n) is 4.49. The van der Waals surface area contributed by atoms with Crippen LogP contribution in [0.15, 0.2) is 22.8 Å². The number of thiazole rings is 1. The van der Waals surface area contributed by atoms with E-state index in [1.165, 1.54) is 4.88 Å². The van der Waals surface area contributed by atoms with Crippen molar-refractivity contribution in [3.63, 3.8) is 0 Å². The molecule has 1 unspecified atom stereocenters. The van der Waals surface area contributed by atoms with Crippen LogP contribution >= 0.6 is 11.3 Å². The number of furan rings is 1. The molecule has 104 valence electrons. The molecule has 4 nitrogen and oxygen atoms in total. The molecule has 0 fully saturated rings. The Morgan fingerprint density at radius 1 is 1.53 bits per heavy atom. The highest BCUT2D eigenvalue weighted by Crippen LogP contribution is 2.29. The number of hydrogen-bond acceptors (Lipinski definition) is 5. The molecular weight excluding hydrogens is 260 g/mol. The fraction of sp³-hybridized carbons (Fsp3) is 0.500. The average molecular weight is 280 g/mol. The Morgan fingerprint density at radius 2 is 2.37 bits per heavy atom. The van der Waals surface area contributed by atoms with Crippen molar-refractivity contribution in [3.05, 3.63) is 29.0 Å². The molecule has 1 N–H and O–H groups in total. The fourth-order valence-electron chi connectivity index (χ4n) is 1.69. The molecule has 0 radical (unpaired) electrons. The van der Waals surface area contributed by atoms with Crippen LogP contribution in [0.25, 0.3) is 10.8 Å². The third-order valence-corrected chi connectivity index (χ3v) is 4.13. The fourth-order valence-corrected chi connectivity index (χ4v) is 2.67. The number of hydrogen-bond donors (Lipinski definition) is 1. The van der Waals surface area contributed by atoms with Crippen molar-refractivity contribution in [3.8, 4) is 10.8 Å². The number of nitrogens with one attached hydrogen (secondary N) is 1. The first kappa shape index (κ1) is 14.2. The van der Waals surface area contributed by atoms with Crippen molar-refractivity contribution in [2.24, 2.45) is 0 Å². The van der Waals surface area contributed by atoms with E-state index in [9.17, 15) is 0 Å². The van der Waals surface area contributed by atoms with E-state index in [-0.39, 0.29) is 0 Å². The second kappa shape index (κ2) is 6.84. The highest BCUT2D eigenvalue weighted by Gasteiger charge is 2.14. The third kappa shape index (κ3) is 3.65. The van der Waals surface area contributed by atoms with Crippen LogP contribution in [0.3, 0.4) is 0 Å². The van der Waals surface area contributed by atoms with Gasteiger partial charge in [-0.05, 0) is 25.5 Å². The van der Waals surface area contributed by atoms with Crippen molar-refractivity contribution in [2.75, 3.05) is 7.11 Å². The summed E-state index contributed by atoms with van der Waals surface area (Å²) in [6.45, 7) is 5.72. The molecule has 5 heteroatoms. The minimum absolute atomic E-state index is 0.504. The van der Waals surface area contributed by atoms with Gasteiger partial charge in [0.05, 0.1) is 18.6 Å². The lowest BCUT2D eigenvalue weighted by Crippen LogP contribution is -2.24. The zero-order chi connectivity index (χ0) is 13.7. The van der Waals surface area contributed by atoms with Crippen molar-refractivity contribution in [1.82, 2.24) is 10.3 Å². The van der Waals surface area contributed by atoms with E-state index in [0.717, 1.165) is 29.4 Å². The number of ether oxygens (including phenoxy) is 1. The quantitative estimate of drug-likeness (QED) is 0.844. The zero-order valence-electron chi connectivity index (χ0n) is 11.6. The first-order valence-corrected chi connectivity index (χ1v) is 7.31.